The topological polar surface area (TPSA) is 63.7 Å². The molecule has 0 aliphatic rings. The van der Waals surface area contributed by atoms with Gasteiger partial charge in [0.05, 0.1) is 0 Å². The number of unbranched alkanes of at least 4 members (excludes halogenated alkanes) is 1. The molecular weight excluding hydrogens is 713 g/mol. The van der Waals surface area contributed by atoms with E-state index >= 15 is 0 Å². The van der Waals surface area contributed by atoms with E-state index < -0.39 is 105 Å². The first-order valence-corrected chi connectivity index (χ1v) is 11.7. The molecule has 0 saturated carbocycles. The number of alkyl halides is 21. The molecule has 0 aliphatic carbocycles. The second-order valence-corrected chi connectivity index (χ2v) is 9.98. The first-order chi connectivity index (χ1) is 18.9. The van der Waals surface area contributed by atoms with Gasteiger partial charge < -0.3 is 4.74 Å². The summed E-state index contributed by atoms with van der Waals surface area (Å²) in [7, 11) is -8.83. The Kier molecular flexibility index (Phi) is 10.9. The number of esters is 1. The summed E-state index contributed by atoms with van der Waals surface area (Å²) < 4.78 is 308. The van der Waals surface area contributed by atoms with Crippen LogP contribution in [0.3, 0.4) is 0 Å². The highest BCUT2D eigenvalue weighted by Gasteiger charge is 2.96. The van der Waals surface area contributed by atoms with Crippen LogP contribution in [0.2, 0.25) is 0 Å². The molecule has 0 fully saturated rings. The molecule has 0 aromatic heterocycles. The number of rotatable bonds is 14. The Hall–Kier alpha value is -2.35. The molecule has 0 aromatic carbocycles. The maximum atomic E-state index is 14.9. The predicted molar refractivity (Wildman–Crippen MR) is 97.4 cm³/mol. The molecule has 262 valence electrons. The van der Waals surface area contributed by atoms with E-state index in [4.69, 9.17) is 0 Å². The van der Waals surface area contributed by atoms with E-state index in [0.29, 0.717) is 0 Å². The summed E-state index contributed by atoms with van der Waals surface area (Å²) >= 11 is 0. The average molecular weight is 725 g/mol. The van der Waals surface area contributed by atoms with Crippen molar-refractivity contribution in [3.8, 4) is 0 Å². The van der Waals surface area contributed by atoms with Crippen LogP contribution in [0.4, 0.5) is 92.2 Å². The van der Waals surface area contributed by atoms with E-state index in [1.807, 2.05) is 0 Å². The van der Waals surface area contributed by atoms with Gasteiger partial charge in [0.1, 0.15) is 0 Å². The van der Waals surface area contributed by atoms with E-state index in [1.54, 1.807) is 0 Å². The quantitative estimate of drug-likeness (QED) is 0.0621. The third-order valence-electron chi connectivity index (χ3n) is 5.10. The molecule has 0 N–H and O–H groups in total. The molecule has 0 radical (unpaired) electrons. The minimum Gasteiger partial charge on any atom is -0.403 e. The van der Waals surface area contributed by atoms with Crippen molar-refractivity contribution in [2.75, 3.05) is 6.54 Å². The van der Waals surface area contributed by atoms with Crippen LogP contribution in [0, 0.1) is 0 Å². The molecule has 1 atom stereocenters. The molecule has 0 heterocycles. The van der Waals surface area contributed by atoms with Crippen LogP contribution in [0.1, 0.15) is 19.8 Å². The van der Waals surface area contributed by atoms with E-state index in [1.165, 1.54) is 0 Å². The van der Waals surface area contributed by atoms with Gasteiger partial charge in [-0.05, 0) is 6.42 Å². The molecule has 0 saturated heterocycles. The number of sulfonamides is 1. The monoisotopic (exact) mass is 725 g/mol. The van der Waals surface area contributed by atoms with Gasteiger partial charge in [-0.25, -0.2) is 13.2 Å². The van der Waals surface area contributed by atoms with Crippen molar-refractivity contribution in [2.45, 2.75) is 78.9 Å². The Morgan fingerprint density at radius 2 is 0.977 bits per heavy atom. The molecule has 0 amide bonds. The number of halogens is 21. The first-order valence-electron chi connectivity index (χ1n) is 10.2. The standard InChI is InChI=1S/C17H12F21NO4S/c1-3-5-6-39(17(38,15(33,34)35)43-7(40)4-2)44(41,42)16(36,37)13(28,29)11(24,25)9(20,21)8(18,19)10(22,23)12(26,27)14(30,31)32/h4H,2-3,5-6H2,1H3. The Bertz CT molecular complexity index is 1180. The van der Waals surface area contributed by atoms with E-state index in [9.17, 15) is 105 Å². The fourth-order valence-electron chi connectivity index (χ4n) is 2.60. The zero-order valence-electron chi connectivity index (χ0n) is 20.3. The second kappa shape index (κ2) is 11.5. The number of hydrogen-bond donors (Lipinski definition) is 0. The van der Waals surface area contributed by atoms with Crippen molar-refractivity contribution in [1.29, 1.82) is 0 Å². The molecule has 27 heteroatoms. The lowest BCUT2D eigenvalue weighted by Gasteiger charge is -2.44. The van der Waals surface area contributed by atoms with Gasteiger partial charge in [0, 0.05) is 12.6 Å². The summed E-state index contributed by atoms with van der Waals surface area (Å²) in [4.78, 5) is 11.1. The van der Waals surface area contributed by atoms with Crippen molar-refractivity contribution in [3.63, 3.8) is 0 Å². The molecular formula is C17H12F21NO4S. The van der Waals surface area contributed by atoms with E-state index in [-0.39, 0.29) is 0 Å². The Morgan fingerprint density at radius 1 is 0.636 bits per heavy atom. The second-order valence-electron chi connectivity index (χ2n) is 8.08. The van der Waals surface area contributed by atoms with Gasteiger partial charge in [-0.15, -0.1) is 4.31 Å². The third-order valence-corrected chi connectivity index (χ3v) is 7.00. The normalized spacial score (nSPS) is 17.0. The smallest absolute Gasteiger partial charge is 0.403 e. The average Bonchev–Trinajstić information content (AvgIpc) is 2.81. The van der Waals surface area contributed by atoms with Crippen LogP contribution in [0.15, 0.2) is 12.7 Å². The Morgan fingerprint density at radius 3 is 1.27 bits per heavy atom. The van der Waals surface area contributed by atoms with Crippen molar-refractivity contribution < 1.29 is 110 Å². The number of nitrogens with zero attached hydrogens (tertiary/aromatic N) is 1. The molecule has 0 aliphatic heterocycles. The van der Waals surface area contributed by atoms with Crippen molar-refractivity contribution in [1.82, 2.24) is 4.31 Å². The van der Waals surface area contributed by atoms with Gasteiger partial charge in [0.25, 0.3) is 10.0 Å². The maximum Gasteiger partial charge on any atom is 0.478 e. The minimum absolute atomic E-state index is 0.481. The predicted octanol–water partition coefficient (Wildman–Crippen LogP) is 7.30. The lowest BCUT2D eigenvalue weighted by atomic mass is 9.91. The molecule has 0 bridgehead atoms. The molecule has 0 spiro atoms. The summed E-state index contributed by atoms with van der Waals surface area (Å²) in [5, 5.41) is -8.54. The van der Waals surface area contributed by atoms with Crippen LogP contribution in [0.25, 0.3) is 0 Å². The molecule has 1 unspecified atom stereocenters. The SMILES string of the molecule is C=CC(=O)OC(F)(N(CCCC)S(=O)(=O)C(F)(F)C(F)(F)C(F)(F)C(F)(F)C(F)(F)C(F)(F)C(F)(F)C(F)(F)F)C(F)(F)F. The largest absolute Gasteiger partial charge is 0.478 e. The van der Waals surface area contributed by atoms with Crippen LogP contribution >= 0.6 is 0 Å². The highest BCUT2D eigenvalue weighted by Crippen LogP contribution is 2.64. The molecule has 44 heavy (non-hydrogen) atoms. The van der Waals surface area contributed by atoms with Gasteiger partial charge in [0.15, 0.2) is 0 Å². The first kappa shape index (κ1) is 41.7. The van der Waals surface area contributed by atoms with Crippen LogP contribution in [-0.2, 0) is 19.6 Å². The van der Waals surface area contributed by atoms with Gasteiger partial charge in [-0.3, -0.25) is 0 Å². The fraction of sp³-hybridized carbons (Fsp3) is 0.824. The number of hydrogen-bond acceptors (Lipinski definition) is 4. The number of carbonyl (C=O) groups is 1. The zero-order chi connectivity index (χ0) is 36.2. The highest BCUT2D eigenvalue weighted by molar-refractivity contribution is 7.90. The van der Waals surface area contributed by atoms with Gasteiger partial charge >= 0.3 is 65.1 Å². The lowest BCUT2D eigenvalue weighted by molar-refractivity contribution is -0.458. The van der Waals surface area contributed by atoms with Crippen LogP contribution in [0.5, 0.6) is 0 Å². The fourth-order valence-corrected chi connectivity index (χ4v) is 4.14. The summed E-state index contributed by atoms with van der Waals surface area (Å²) in [5.74, 6) is -63.7. The number of carbonyl (C=O) groups excluding carboxylic acids is 1. The van der Waals surface area contributed by atoms with Crippen molar-refractivity contribution >= 4 is 16.0 Å². The summed E-state index contributed by atoms with van der Waals surface area (Å²) in [6, 6.07) is 0. The van der Waals surface area contributed by atoms with Gasteiger partial charge in [-0.2, -0.15) is 92.2 Å². The molecule has 0 aromatic rings. The maximum absolute atomic E-state index is 14.9. The highest BCUT2D eigenvalue weighted by atomic mass is 32.2. The summed E-state index contributed by atoms with van der Waals surface area (Å²) in [6.45, 7) is 0.552. The zero-order valence-corrected chi connectivity index (χ0v) is 21.1. The summed E-state index contributed by atoms with van der Waals surface area (Å²) in [5.41, 5.74) is 0. The van der Waals surface area contributed by atoms with Gasteiger partial charge in [0.2, 0.25) is 0 Å². The summed E-state index contributed by atoms with van der Waals surface area (Å²) in [6.07, 6.45) is -18.0. The Labute approximate surface area is 229 Å². The Balaban J connectivity index is 7.63. The van der Waals surface area contributed by atoms with Crippen LogP contribution in [-0.4, -0.2) is 84.4 Å². The van der Waals surface area contributed by atoms with Crippen molar-refractivity contribution in [2.24, 2.45) is 0 Å². The van der Waals surface area contributed by atoms with Gasteiger partial charge in [-0.1, -0.05) is 19.9 Å². The van der Waals surface area contributed by atoms with Crippen LogP contribution < -0.4 is 0 Å². The van der Waals surface area contributed by atoms with E-state index in [0.717, 1.165) is 6.92 Å². The molecule has 5 nitrogen and oxygen atoms in total. The number of ether oxygens (including phenoxy) is 1. The lowest BCUT2D eigenvalue weighted by Crippen LogP contribution is -2.76. The minimum atomic E-state index is -9.28. The third kappa shape index (κ3) is 5.73. The van der Waals surface area contributed by atoms with Crippen molar-refractivity contribution in [3.05, 3.63) is 12.7 Å². The van der Waals surface area contributed by atoms with E-state index in [2.05, 4.69) is 11.3 Å². The molecule has 0 rings (SSSR count).